The Labute approximate surface area is 120 Å². The van der Waals surface area contributed by atoms with Crippen molar-refractivity contribution in [2.24, 2.45) is 5.92 Å². The van der Waals surface area contributed by atoms with Crippen molar-refractivity contribution in [2.75, 3.05) is 0 Å². The summed E-state index contributed by atoms with van der Waals surface area (Å²) in [5.74, 6) is 0.488. The number of piperidine rings is 1. The zero-order valence-electron chi connectivity index (χ0n) is 12.7. The van der Waals surface area contributed by atoms with Crippen LogP contribution in [0.25, 0.3) is 0 Å². The Hall–Kier alpha value is -1.51. The molecular formula is C17H23NO2. The first kappa shape index (κ1) is 13.5. The summed E-state index contributed by atoms with van der Waals surface area (Å²) >= 11 is 0. The van der Waals surface area contributed by atoms with Gasteiger partial charge in [-0.2, -0.15) is 0 Å². The Morgan fingerprint density at radius 1 is 1.20 bits per heavy atom. The van der Waals surface area contributed by atoms with Crippen LogP contribution in [0.15, 0.2) is 24.3 Å². The Morgan fingerprint density at radius 3 is 2.50 bits per heavy atom. The standard InChI is InChI=1S/C17H23NO2/c1-11-9-10-14-12-7-5-6-8-13(12)15(11)18(14)16(19)20-17(2,3)4/h5-8,11,14-15H,9-10H2,1-4H3/t11-,14?,15?/m1/s1. The highest BCUT2D eigenvalue weighted by molar-refractivity contribution is 5.71. The molecule has 3 atom stereocenters. The maximum atomic E-state index is 12.6. The van der Waals surface area contributed by atoms with Gasteiger partial charge in [0.15, 0.2) is 0 Å². The minimum Gasteiger partial charge on any atom is -0.444 e. The maximum absolute atomic E-state index is 12.6. The number of ether oxygens (including phenoxy) is 1. The number of amides is 1. The molecule has 0 spiro atoms. The molecule has 0 saturated carbocycles. The molecule has 2 aliphatic rings. The second-order valence-corrected chi connectivity index (χ2v) is 7.03. The summed E-state index contributed by atoms with van der Waals surface area (Å²) in [5.41, 5.74) is 2.18. The van der Waals surface area contributed by atoms with Gasteiger partial charge in [-0.25, -0.2) is 4.79 Å². The molecule has 20 heavy (non-hydrogen) atoms. The van der Waals surface area contributed by atoms with Crippen LogP contribution in [0.4, 0.5) is 4.79 Å². The number of carbonyl (C=O) groups is 1. The van der Waals surface area contributed by atoms with E-state index < -0.39 is 5.60 Å². The van der Waals surface area contributed by atoms with E-state index in [0.717, 1.165) is 6.42 Å². The van der Waals surface area contributed by atoms with Crippen LogP contribution in [0.2, 0.25) is 0 Å². The van der Waals surface area contributed by atoms with E-state index in [-0.39, 0.29) is 18.2 Å². The highest BCUT2D eigenvalue weighted by atomic mass is 16.6. The summed E-state index contributed by atoms with van der Waals surface area (Å²) in [6.07, 6.45) is 2.03. The smallest absolute Gasteiger partial charge is 0.411 e. The fourth-order valence-corrected chi connectivity index (χ4v) is 3.59. The van der Waals surface area contributed by atoms with Gasteiger partial charge in [-0.15, -0.1) is 0 Å². The molecule has 3 nitrogen and oxygen atoms in total. The average Bonchev–Trinajstić information content (AvgIpc) is 2.62. The molecule has 2 bridgehead atoms. The first-order valence-electron chi connectivity index (χ1n) is 7.48. The number of rotatable bonds is 0. The van der Waals surface area contributed by atoms with Crippen molar-refractivity contribution in [2.45, 2.75) is 58.2 Å². The molecule has 1 aromatic carbocycles. The molecule has 0 aromatic heterocycles. The van der Waals surface area contributed by atoms with Gasteiger partial charge in [0.05, 0.1) is 12.1 Å². The molecule has 1 fully saturated rings. The molecule has 3 heteroatoms. The molecule has 2 aliphatic heterocycles. The lowest BCUT2D eigenvalue weighted by atomic mass is 9.90. The lowest BCUT2D eigenvalue weighted by molar-refractivity contribution is -0.00913. The fraction of sp³-hybridized carbons (Fsp3) is 0.588. The van der Waals surface area contributed by atoms with Crippen LogP contribution < -0.4 is 0 Å². The molecule has 0 radical (unpaired) electrons. The van der Waals surface area contributed by atoms with E-state index in [0.29, 0.717) is 5.92 Å². The summed E-state index contributed by atoms with van der Waals surface area (Å²) in [4.78, 5) is 14.6. The molecule has 2 unspecified atom stereocenters. The zero-order valence-corrected chi connectivity index (χ0v) is 12.7. The first-order chi connectivity index (χ1) is 9.38. The van der Waals surface area contributed by atoms with Crippen molar-refractivity contribution in [3.05, 3.63) is 35.4 Å². The van der Waals surface area contributed by atoms with Crippen molar-refractivity contribution in [3.63, 3.8) is 0 Å². The van der Waals surface area contributed by atoms with Crippen molar-refractivity contribution < 1.29 is 9.53 Å². The normalized spacial score (nSPS) is 28.2. The van der Waals surface area contributed by atoms with Crippen LogP contribution in [0.5, 0.6) is 0 Å². The quantitative estimate of drug-likeness (QED) is 0.699. The highest BCUT2D eigenvalue weighted by Gasteiger charge is 2.47. The van der Waals surface area contributed by atoms with Crippen LogP contribution in [0, 0.1) is 5.92 Å². The van der Waals surface area contributed by atoms with E-state index >= 15 is 0 Å². The largest absolute Gasteiger partial charge is 0.444 e. The minimum absolute atomic E-state index is 0.171. The van der Waals surface area contributed by atoms with E-state index in [1.54, 1.807) is 0 Å². The first-order valence-corrected chi connectivity index (χ1v) is 7.48. The Bertz CT molecular complexity index is 532. The SMILES string of the molecule is C[C@@H]1CCC2c3ccccc3C1N2C(=O)OC(C)(C)C. The fourth-order valence-electron chi connectivity index (χ4n) is 3.59. The van der Waals surface area contributed by atoms with Crippen molar-refractivity contribution in [3.8, 4) is 0 Å². The lowest BCUT2D eigenvalue weighted by Gasteiger charge is -2.39. The van der Waals surface area contributed by atoms with Gasteiger partial charge >= 0.3 is 6.09 Å². The Kier molecular flexibility index (Phi) is 3.03. The molecule has 1 saturated heterocycles. The second kappa shape index (κ2) is 4.51. The van der Waals surface area contributed by atoms with Crippen LogP contribution in [0.1, 0.15) is 63.7 Å². The maximum Gasteiger partial charge on any atom is 0.411 e. The van der Waals surface area contributed by atoms with Gasteiger partial charge in [-0.05, 0) is 50.7 Å². The summed E-state index contributed by atoms with van der Waals surface area (Å²) in [7, 11) is 0. The van der Waals surface area contributed by atoms with Gasteiger partial charge in [-0.1, -0.05) is 31.2 Å². The molecular weight excluding hydrogens is 250 g/mol. The van der Waals surface area contributed by atoms with E-state index in [9.17, 15) is 4.79 Å². The summed E-state index contributed by atoms with van der Waals surface area (Å²) in [6.45, 7) is 8.01. The molecule has 2 heterocycles. The van der Waals surface area contributed by atoms with Crippen LogP contribution in [0.3, 0.4) is 0 Å². The van der Waals surface area contributed by atoms with Crippen LogP contribution >= 0.6 is 0 Å². The van der Waals surface area contributed by atoms with E-state index in [2.05, 4.69) is 31.2 Å². The molecule has 1 aromatic rings. The molecule has 0 aliphatic carbocycles. The number of hydrogen-bond donors (Lipinski definition) is 0. The number of benzene rings is 1. The molecule has 1 amide bonds. The molecule has 3 rings (SSSR count). The zero-order chi connectivity index (χ0) is 14.5. The van der Waals surface area contributed by atoms with E-state index in [1.807, 2.05) is 25.7 Å². The number of fused-ring (bicyclic) bond motifs is 5. The molecule has 108 valence electrons. The highest BCUT2D eigenvalue weighted by Crippen LogP contribution is 2.53. The van der Waals surface area contributed by atoms with E-state index in [4.69, 9.17) is 4.74 Å². The third-order valence-corrected chi connectivity index (χ3v) is 4.35. The predicted molar refractivity (Wildman–Crippen MR) is 78.4 cm³/mol. The minimum atomic E-state index is -0.441. The van der Waals surface area contributed by atoms with Gasteiger partial charge in [0.25, 0.3) is 0 Å². The summed E-state index contributed by atoms with van der Waals surface area (Å²) in [5, 5.41) is 0. The number of nitrogens with zero attached hydrogens (tertiary/aromatic N) is 1. The van der Waals surface area contributed by atoms with Crippen LogP contribution in [-0.4, -0.2) is 16.6 Å². The van der Waals surface area contributed by atoms with Gasteiger partial charge in [0.2, 0.25) is 0 Å². The topological polar surface area (TPSA) is 29.5 Å². The van der Waals surface area contributed by atoms with Gasteiger partial charge in [0, 0.05) is 0 Å². The third kappa shape index (κ3) is 2.09. The summed E-state index contributed by atoms with van der Waals surface area (Å²) in [6, 6.07) is 8.84. The van der Waals surface area contributed by atoms with Crippen molar-refractivity contribution >= 4 is 6.09 Å². The van der Waals surface area contributed by atoms with Crippen molar-refractivity contribution in [1.82, 2.24) is 4.90 Å². The average molecular weight is 273 g/mol. The van der Waals surface area contributed by atoms with Gasteiger partial charge in [0.1, 0.15) is 5.60 Å². The monoisotopic (exact) mass is 273 g/mol. The Balaban J connectivity index is 1.96. The van der Waals surface area contributed by atoms with Gasteiger partial charge in [-0.3, -0.25) is 4.90 Å². The van der Waals surface area contributed by atoms with Gasteiger partial charge < -0.3 is 4.74 Å². The number of hydrogen-bond acceptors (Lipinski definition) is 2. The molecule has 0 N–H and O–H groups in total. The second-order valence-electron chi connectivity index (χ2n) is 7.03. The third-order valence-electron chi connectivity index (χ3n) is 4.35. The van der Waals surface area contributed by atoms with Crippen molar-refractivity contribution in [1.29, 1.82) is 0 Å². The summed E-state index contributed by atoms with van der Waals surface area (Å²) < 4.78 is 5.62. The predicted octanol–water partition coefficient (Wildman–Crippen LogP) is 4.45. The number of carbonyl (C=O) groups excluding carboxylic acids is 1. The lowest BCUT2D eigenvalue weighted by Crippen LogP contribution is -2.42. The van der Waals surface area contributed by atoms with Crippen LogP contribution in [-0.2, 0) is 4.74 Å². The Morgan fingerprint density at radius 2 is 1.85 bits per heavy atom. The van der Waals surface area contributed by atoms with E-state index in [1.165, 1.54) is 17.5 Å².